The topological polar surface area (TPSA) is 62.3 Å². The van der Waals surface area contributed by atoms with Gasteiger partial charge in [0, 0.05) is 25.3 Å². The number of hydrogen-bond acceptors (Lipinski definition) is 3. The van der Waals surface area contributed by atoms with Crippen molar-refractivity contribution in [1.29, 1.82) is 0 Å². The predicted octanol–water partition coefficient (Wildman–Crippen LogP) is 3.48. The number of halogens is 2. The van der Waals surface area contributed by atoms with Crippen molar-refractivity contribution < 1.29 is 18.4 Å². The van der Waals surface area contributed by atoms with Gasteiger partial charge in [-0.25, -0.2) is 13.8 Å². The van der Waals surface area contributed by atoms with Gasteiger partial charge in [-0.2, -0.15) is 0 Å². The van der Waals surface area contributed by atoms with Crippen LogP contribution in [0, 0.1) is 11.6 Å². The van der Waals surface area contributed by atoms with Crippen LogP contribution in [-0.2, 0) is 0 Å². The van der Waals surface area contributed by atoms with Gasteiger partial charge in [0.15, 0.2) is 11.6 Å². The zero-order valence-corrected chi connectivity index (χ0v) is 14.1. The molecule has 0 radical (unpaired) electrons. The summed E-state index contributed by atoms with van der Waals surface area (Å²) in [5.41, 5.74) is 0.263. The Bertz CT molecular complexity index is 781. The first kappa shape index (κ1) is 18.5. The largest absolute Gasteiger partial charge is 0.340 e. The number of benzene rings is 1. The number of unbranched alkanes of at least 4 members (excludes halogenated alkanes) is 1. The van der Waals surface area contributed by atoms with Crippen LogP contribution in [0.25, 0.3) is 0 Å². The lowest BCUT2D eigenvalue weighted by molar-refractivity contribution is 0.0787. The summed E-state index contributed by atoms with van der Waals surface area (Å²) in [6.45, 7) is 2.63. The number of carbonyl (C=O) groups is 2. The minimum absolute atomic E-state index is 0.0134. The van der Waals surface area contributed by atoms with Crippen molar-refractivity contribution in [3.8, 4) is 0 Å². The van der Waals surface area contributed by atoms with Crippen molar-refractivity contribution >= 4 is 17.5 Å². The number of anilines is 1. The molecular weight excluding hydrogens is 328 g/mol. The molecule has 1 heterocycles. The maximum atomic E-state index is 13.2. The zero-order valence-electron chi connectivity index (χ0n) is 14.1. The van der Waals surface area contributed by atoms with E-state index in [1.807, 2.05) is 6.92 Å². The first-order valence-electron chi connectivity index (χ1n) is 7.91. The molecule has 0 spiro atoms. The first-order chi connectivity index (χ1) is 11.9. The Morgan fingerprint density at radius 1 is 1.12 bits per heavy atom. The lowest BCUT2D eigenvalue weighted by Gasteiger charge is -2.16. The molecule has 0 aliphatic carbocycles. The molecule has 2 rings (SSSR count). The molecule has 2 amide bonds. The Morgan fingerprint density at radius 2 is 1.84 bits per heavy atom. The number of pyridine rings is 1. The monoisotopic (exact) mass is 347 g/mol. The normalized spacial score (nSPS) is 10.4. The van der Waals surface area contributed by atoms with Crippen LogP contribution in [-0.4, -0.2) is 35.3 Å². The summed E-state index contributed by atoms with van der Waals surface area (Å²) < 4.78 is 26.1. The van der Waals surface area contributed by atoms with Crippen molar-refractivity contribution in [2.24, 2.45) is 0 Å². The number of amides is 2. The molecule has 25 heavy (non-hydrogen) atoms. The molecule has 0 saturated heterocycles. The summed E-state index contributed by atoms with van der Waals surface area (Å²) in [7, 11) is 1.67. The smallest absolute Gasteiger partial charge is 0.274 e. The molecule has 0 fully saturated rings. The minimum atomic E-state index is -1.06. The molecule has 5 nitrogen and oxygen atoms in total. The molecule has 2 aromatic rings. The van der Waals surface area contributed by atoms with Crippen molar-refractivity contribution in [1.82, 2.24) is 9.88 Å². The molecule has 132 valence electrons. The van der Waals surface area contributed by atoms with E-state index in [0.29, 0.717) is 6.54 Å². The highest BCUT2D eigenvalue weighted by molar-refractivity contribution is 6.03. The molecule has 0 aliphatic heterocycles. The van der Waals surface area contributed by atoms with Gasteiger partial charge >= 0.3 is 0 Å². The number of aromatic nitrogens is 1. The summed E-state index contributed by atoms with van der Waals surface area (Å²) in [5.74, 6) is -2.96. The Morgan fingerprint density at radius 3 is 2.52 bits per heavy atom. The second kappa shape index (κ2) is 8.32. The second-order valence-corrected chi connectivity index (χ2v) is 5.57. The van der Waals surface area contributed by atoms with E-state index < -0.39 is 17.5 Å². The summed E-state index contributed by atoms with van der Waals surface area (Å²) in [5, 5.41) is 2.42. The highest BCUT2D eigenvalue weighted by Gasteiger charge is 2.16. The highest BCUT2D eigenvalue weighted by Crippen LogP contribution is 2.14. The van der Waals surface area contributed by atoms with E-state index >= 15 is 0 Å². The Balaban J connectivity index is 2.13. The van der Waals surface area contributed by atoms with E-state index in [0.717, 1.165) is 25.0 Å². The molecule has 1 aromatic heterocycles. The average molecular weight is 347 g/mol. The fraction of sp³-hybridized carbons (Fsp3) is 0.278. The molecule has 0 unspecified atom stereocenters. The molecular formula is C18H19F2N3O2. The molecule has 1 aromatic carbocycles. The molecule has 0 saturated carbocycles. The number of carbonyl (C=O) groups excluding carboxylic acids is 2. The van der Waals surface area contributed by atoms with E-state index in [1.165, 1.54) is 18.2 Å². The molecule has 7 heteroatoms. The van der Waals surface area contributed by atoms with Gasteiger partial charge in [0.1, 0.15) is 11.4 Å². The van der Waals surface area contributed by atoms with E-state index in [4.69, 9.17) is 0 Å². The van der Waals surface area contributed by atoms with Crippen LogP contribution < -0.4 is 5.32 Å². The van der Waals surface area contributed by atoms with E-state index in [2.05, 4.69) is 10.3 Å². The first-order valence-corrected chi connectivity index (χ1v) is 7.91. The number of nitrogens with one attached hydrogen (secondary N) is 1. The van der Waals surface area contributed by atoms with Crippen molar-refractivity contribution in [3.05, 3.63) is 59.4 Å². The Labute approximate surface area is 144 Å². The van der Waals surface area contributed by atoms with Gasteiger partial charge in [0.05, 0.1) is 0 Å². The van der Waals surface area contributed by atoms with Crippen LogP contribution in [0.5, 0.6) is 0 Å². The van der Waals surface area contributed by atoms with Gasteiger partial charge in [-0.15, -0.1) is 0 Å². The maximum absolute atomic E-state index is 13.2. The van der Waals surface area contributed by atoms with Crippen LogP contribution in [0.4, 0.5) is 14.5 Å². The second-order valence-electron chi connectivity index (χ2n) is 5.57. The number of rotatable bonds is 6. The molecule has 0 atom stereocenters. The maximum Gasteiger partial charge on any atom is 0.274 e. The third kappa shape index (κ3) is 4.82. The molecule has 1 N–H and O–H groups in total. The summed E-state index contributed by atoms with van der Waals surface area (Å²) >= 11 is 0. The van der Waals surface area contributed by atoms with Crippen LogP contribution in [0.3, 0.4) is 0 Å². The standard InChI is InChI=1S/C18H19F2N3O2/c1-3-4-10-23(2)18(25)16-7-5-6-15(22-16)17(24)21-12-8-9-13(19)14(20)11-12/h5-9,11H,3-4,10H2,1-2H3,(H,21,24). The van der Waals surface area contributed by atoms with Crippen LogP contribution in [0.2, 0.25) is 0 Å². The van der Waals surface area contributed by atoms with E-state index in [-0.39, 0.29) is 23.0 Å². The fourth-order valence-electron chi connectivity index (χ4n) is 2.14. The quantitative estimate of drug-likeness (QED) is 0.870. The third-order valence-electron chi connectivity index (χ3n) is 3.57. The van der Waals surface area contributed by atoms with Gasteiger partial charge in [0.2, 0.25) is 0 Å². The zero-order chi connectivity index (χ0) is 18.4. The molecule has 0 bridgehead atoms. The summed E-state index contributed by atoms with van der Waals surface area (Å²) in [6, 6.07) is 7.55. The summed E-state index contributed by atoms with van der Waals surface area (Å²) in [6.07, 6.45) is 1.83. The summed E-state index contributed by atoms with van der Waals surface area (Å²) in [4.78, 5) is 30.1. The SMILES string of the molecule is CCCCN(C)C(=O)c1cccc(C(=O)Nc2ccc(F)c(F)c2)n1. The average Bonchev–Trinajstić information content (AvgIpc) is 2.62. The van der Waals surface area contributed by atoms with E-state index in [1.54, 1.807) is 18.0 Å². The third-order valence-corrected chi connectivity index (χ3v) is 3.57. The number of hydrogen-bond donors (Lipinski definition) is 1. The van der Waals surface area contributed by atoms with Crippen molar-refractivity contribution in [2.45, 2.75) is 19.8 Å². The predicted molar refractivity (Wildman–Crippen MR) is 90.4 cm³/mol. The highest BCUT2D eigenvalue weighted by atomic mass is 19.2. The Hall–Kier alpha value is -2.83. The van der Waals surface area contributed by atoms with Crippen molar-refractivity contribution in [3.63, 3.8) is 0 Å². The van der Waals surface area contributed by atoms with E-state index in [9.17, 15) is 18.4 Å². The van der Waals surface area contributed by atoms with Crippen molar-refractivity contribution in [2.75, 3.05) is 18.9 Å². The fourth-order valence-corrected chi connectivity index (χ4v) is 2.14. The van der Waals surface area contributed by atoms with Gasteiger partial charge < -0.3 is 10.2 Å². The minimum Gasteiger partial charge on any atom is -0.340 e. The lowest BCUT2D eigenvalue weighted by Crippen LogP contribution is -2.29. The van der Waals surface area contributed by atoms with Crippen LogP contribution in [0.1, 0.15) is 40.7 Å². The van der Waals surface area contributed by atoms with Gasteiger partial charge in [0.25, 0.3) is 11.8 Å². The lowest BCUT2D eigenvalue weighted by atomic mass is 10.2. The van der Waals surface area contributed by atoms with Crippen LogP contribution >= 0.6 is 0 Å². The number of nitrogens with zero attached hydrogens (tertiary/aromatic N) is 2. The van der Waals surface area contributed by atoms with Gasteiger partial charge in [-0.1, -0.05) is 19.4 Å². The molecule has 0 aliphatic rings. The van der Waals surface area contributed by atoms with Gasteiger partial charge in [-0.3, -0.25) is 9.59 Å². The van der Waals surface area contributed by atoms with Crippen LogP contribution in [0.15, 0.2) is 36.4 Å². The van der Waals surface area contributed by atoms with Gasteiger partial charge in [-0.05, 0) is 30.7 Å². The Kier molecular flexibility index (Phi) is 6.16.